The van der Waals surface area contributed by atoms with E-state index in [1.54, 1.807) is 24.3 Å². The number of carbonyl (C=O) groups is 1. The Hall–Kier alpha value is -2.74. The summed E-state index contributed by atoms with van der Waals surface area (Å²) in [5.41, 5.74) is 2.58. The molecule has 1 N–H and O–H groups in total. The number of rotatable bonds is 10. The van der Waals surface area contributed by atoms with Crippen molar-refractivity contribution in [1.82, 2.24) is 5.32 Å². The van der Waals surface area contributed by atoms with E-state index >= 15 is 0 Å². The van der Waals surface area contributed by atoms with E-state index in [1.807, 2.05) is 39.0 Å². The molecule has 0 saturated heterocycles. The third-order valence-electron chi connectivity index (χ3n) is 4.14. The van der Waals surface area contributed by atoms with E-state index in [-0.39, 0.29) is 19.7 Å². The molecule has 7 nitrogen and oxygen atoms in total. The Morgan fingerprint density at radius 1 is 1.07 bits per heavy atom. The lowest BCUT2D eigenvalue weighted by Gasteiger charge is -2.22. The predicted octanol–water partition coefficient (Wildman–Crippen LogP) is 2.66. The van der Waals surface area contributed by atoms with E-state index < -0.39 is 15.9 Å². The van der Waals surface area contributed by atoms with Gasteiger partial charge >= 0.3 is 0 Å². The van der Waals surface area contributed by atoms with Gasteiger partial charge in [-0.3, -0.25) is 9.10 Å². The molecule has 8 heteroatoms. The second kappa shape index (κ2) is 10.2. The molecule has 2 rings (SSSR count). The fourth-order valence-electron chi connectivity index (χ4n) is 2.77. The molecule has 0 atom stereocenters. The summed E-state index contributed by atoms with van der Waals surface area (Å²) in [5, 5.41) is 2.69. The number of ether oxygens (including phenoxy) is 2. The summed E-state index contributed by atoms with van der Waals surface area (Å²) in [4.78, 5) is 12.3. The van der Waals surface area contributed by atoms with Gasteiger partial charge < -0.3 is 14.8 Å². The molecule has 0 aromatic heterocycles. The van der Waals surface area contributed by atoms with Gasteiger partial charge in [-0.2, -0.15) is 0 Å². The molecule has 2 aromatic rings. The molecule has 0 spiro atoms. The average Bonchev–Trinajstić information content (AvgIpc) is 2.65. The molecule has 0 aliphatic heterocycles. The van der Waals surface area contributed by atoms with Gasteiger partial charge in [0.25, 0.3) is 0 Å². The van der Waals surface area contributed by atoms with E-state index in [4.69, 9.17) is 9.47 Å². The predicted molar refractivity (Wildman–Crippen MR) is 114 cm³/mol. The molecular formula is C21H28N2O5S. The number of hydrogen-bond acceptors (Lipinski definition) is 5. The highest BCUT2D eigenvalue weighted by Gasteiger charge is 2.20. The standard InChI is InChI=1S/C21H28N2O5S/c1-5-27-19-9-7-18(8-10-19)23(29(4,25)26)15-21(24)22-12-13-28-20-11-6-16(2)14-17(20)3/h6-11,14H,5,12-13,15H2,1-4H3,(H,22,24). The highest BCUT2D eigenvalue weighted by Crippen LogP contribution is 2.21. The highest BCUT2D eigenvalue weighted by molar-refractivity contribution is 7.92. The lowest BCUT2D eigenvalue weighted by atomic mass is 10.1. The fourth-order valence-corrected chi connectivity index (χ4v) is 3.63. The Balaban J connectivity index is 1.91. The molecule has 0 aliphatic rings. The van der Waals surface area contributed by atoms with Crippen LogP contribution >= 0.6 is 0 Å². The quantitative estimate of drug-likeness (QED) is 0.598. The minimum Gasteiger partial charge on any atom is -0.494 e. The summed E-state index contributed by atoms with van der Waals surface area (Å²) in [6.45, 7) is 6.60. The number of nitrogens with zero attached hydrogens (tertiary/aromatic N) is 1. The van der Waals surface area contributed by atoms with Crippen LogP contribution in [-0.4, -0.2) is 46.9 Å². The molecule has 0 fully saturated rings. The molecule has 158 valence electrons. The zero-order valence-electron chi connectivity index (χ0n) is 17.3. The summed E-state index contributed by atoms with van der Waals surface area (Å²) in [6.07, 6.45) is 1.07. The molecule has 0 unspecified atom stereocenters. The van der Waals surface area contributed by atoms with Gasteiger partial charge in [-0.1, -0.05) is 17.7 Å². The Morgan fingerprint density at radius 2 is 1.76 bits per heavy atom. The molecule has 0 aliphatic carbocycles. The van der Waals surface area contributed by atoms with Gasteiger partial charge in [-0.25, -0.2) is 8.42 Å². The zero-order valence-corrected chi connectivity index (χ0v) is 18.1. The van der Waals surface area contributed by atoms with Crippen molar-refractivity contribution in [3.8, 4) is 11.5 Å². The summed E-state index contributed by atoms with van der Waals surface area (Å²) < 4.78 is 36.4. The van der Waals surface area contributed by atoms with Gasteiger partial charge in [0.1, 0.15) is 24.7 Å². The molecule has 0 radical (unpaired) electrons. The monoisotopic (exact) mass is 420 g/mol. The summed E-state index contributed by atoms with van der Waals surface area (Å²) in [6, 6.07) is 12.4. The first-order valence-electron chi connectivity index (χ1n) is 9.38. The summed E-state index contributed by atoms with van der Waals surface area (Å²) in [5.74, 6) is 0.989. The van der Waals surface area contributed by atoms with Gasteiger partial charge in [0.2, 0.25) is 15.9 Å². The minimum absolute atomic E-state index is 0.271. The number of carbonyl (C=O) groups excluding carboxylic acids is 1. The molecule has 2 aromatic carbocycles. The van der Waals surface area contributed by atoms with Crippen molar-refractivity contribution in [2.75, 3.05) is 36.9 Å². The fraction of sp³-hybridized carbons (Fsp3) is 0.381. The first kappa shape index (κ1) is 22.5. The van der Waals surface area contributed by atoms with E-state index in [9.17, 15) is 13.2 Å². The molecule has 0 bridgehead atoms. The minimum atomic E-state index is -3.62. The van der Waals surface area contributed by atoms with Crippen LogP contribution in [0.3, 0.4) is 0 Å². The van der Waals surface area contributed by atoms with Gasteiger partial charge in [-0.05, 0) is 56.7 Å². The second-order valence-electron chi connectivity index (χ2n) is 6.66. The van der Waals surface area contributed by atoms with Crippen LogP contribution in [0, 0.1) is 13.8 Å². The number of sulfonamides is 1. The number of aryl methyl sites for hydroxylation is 2. The lowest BCUT2D eigenvalue weighted by Crippen LogP contribution is -2.41. The van der Waals surface area contributed by atoms with Crippen molar-refractivity contribution in [3.63, 3.8) is 0 Å². The maximum absolute atomic E-state index is 12.3. The van der Waals surface area contributed by atoms with Crippen LogP contribution in [0.1, 0.15) is 18.1 Å². The van der Waals surface area contributed by atoms with Crippen molar-refractivity contribution >= 4 is 21.6 Å². The molecule has 0 heterocycles. The van der Waals surface area contributed by atoms with Crippen molar-refractivity contribution in [3.05, 3.63) is 53.6 Å². The van der Waals surface area contributed by atoms with Crippen LogP contribution in [0.15, 0.2) is 42.5 Å². The summed E-state index contributed by atoms with van der Waals surface area (Å²) in [7, 11) is -3.62. The Kier molecular flexibility index (Phi) is 7.90. The largest absolute Gasteiger partial charge is 0.494 e. The topological polar surface area (TPSA) is 84.9 Å². The number of anilines is 1. The normalized spacial score (nSPS) is 11.0. The van der Waals surface area contributed by atoms with Crippen LogP contribution in [0.5, 0.6) is 11.5 Å². The van der Waals surface area contributed by atoms with E-state index in [1.165, 1.54) is 0 Å². The number of hydrogen-bond donors (Lipinski definition) is 1. The number of amides is 1. The maximum Gasteiger partial charge on any atom is 0.240 e. The van der Waals surface area contributed by atoms with Gasteiger partial charge in [0, 0.05) is 0 Å². The van der Waals surface area contributed by atoms with Crippen molar-refractivity contribution in [2.45, 2.75) is 20.8 Å². The van der Waals surface area contributed by atoms with Gasteiger partial charge in [-0.15, -0.1) is 0 Å². The lowest BCUT2D eigenvalue weighted by molar-refractivity contribution is -0.119. The number of nitrogens with one attached hydrogen (secondary N) is 1. The SMILES string of the molecule is CCOc1ccc(N(CC(=O)NCCOc2ccc(C)cc2C)S(C)(=O)=O)cc1. The van der Waals surface area contributed by atoms with Crippen LogP contribution in [-0.2, 0) is 14.8 Å². The first-order chi connectivity index (χ1) is 13.7. The van der Waals surface area contributed by atoms with Crippen LogP contribution < -0.4 is 19.1 Å². The number of benzene rings is 2. The molecular weight excluding hydrogens is 392 g/mol. The smallest absolute Gasteiger partial charge is 0.240 e. The Labute approximate surface area is 172 Å². The van der Waals surface area contributed by atoms with Gasteiger partial charge in [0.15, 0.2) is 0 Å². The maximum atomic E-state index is 12.3. The van der Waals surface area contributed by atoms with Crippen LogP contribution in [0.25, 0.3) is 0 Å². The second-order valence-corrected chi connectivity index (χ2v) is 8.57. The van der Waals surface area contributed by atoms with Crippen LogP contribution in [0.2, 0.25) is 0 Å². The summed E-state index contributed by atoms with van der Waals surface area (Å²) >= 11 is 0. The van der Waals surface area contributed by atoms with Crippen molar-refractivity contribution in [1.29, 1.82) is 0 Å². The molecule has 1 amide bonds. The third kappa shape index (κ3) is 6.98. The first-order valence-corrected chi connectivity index (χ1v) is 11.2. The Bertz CT molecular complexity index is 927. The van der Waals surface area contributed by atoms with E-state index in [0.717, 1.165) is 27.4 Å². The third-order valence-corrected chi connectivity index (χ3v) is 5.28. The van der Waals surface area contributed by atoms with Crippen molar-refractivity contribution < 1.29 is 22.7 Å². The average molecular weight is 421 g/mol. The van der Waals surface area contributed by atoms with Crippen molar-refractivity contribution in [2.24, 2.45) is 0 Å². The van der Waals surface area contributed by atoms with E-state index in [0.29, 0.717) is 18.0 Å². The van der Waals surface area contributed by atoms with Gasteiger partial charge in [0.05, 0.1) is 25.1 Å². The molecule has 0 saturated carbocycles. The highest BCUT2D eigenvalue weighted by atomic mass is 32.2. The van der Waals surface area contributed by atoms with E-state index in [2.05, 4.69) is 5.32 Å². The van der Waals surface area contributed by atoms with Crippen LogP contribution in [0.4, 0.5) is 5.69 Å². The zero-order chi connectivity index (χ0) is 21.4. The molecule has 29 heavy (non-hydrogen) atoms. The Morgan fingerprint density at radius 3 is 2.34 bits per heavy atom.